The molecule has 2 aliphatic rings. The molecule has 0 aliphatic carbocycles. The smallest absolute Gasteiger partial charge is 0.159 e. The zero-order valence-corrected chi connectivity index (χ0v) is 19.4. The van der Waals surface area contributed by atoms with E-state index in [9.17, 15) is 9.65 Å². The van der Waals surface area contributed by atoms with Crippen molar-refractivity contribution in [1.82, 2.24) is 9.97 Å². The number of thiophene rings is 1. The summed E-state index contributed by atoms with van der Waals surface area (Å²) in [6.45, 7) is 4.93. The summed E-state index contributed by atoms with van der Waals surface area (Å²) in [5, 5.41) is 11.7. The van der Waals surface area contributed by atoms with Crippen LogP contribution in [0.5, 0.6) is 0 Å². The van der Waals surface area contributed by atoms with E-state index >= 15 is 0 Å². The molecule has 2 N–H and O–H groups in total. The lowest BCUT2D eigenvalue weighted by molar-refractivity contribution is 0.135. The average Bonchev–Trinajstić information content (AvgIpc) is 3.53. The number of nitrogen functional groups attached to an aromatic ring is 1. The van der Waals surface area contributed by atoms with Crippen LogP contribution in [0.15, 0.2) is 18.3 Å². The van der Waals surface area contributed by atoms with E-state index in [0.29, 0.717) is 51.0 Å². The highest BCUT2D eigenvalue weighted by atomic mass is 35.5. The maximum Gasteiger partial charge on any atom is 0.159 e. The van der Waals surface area contributed by atoms with Crippen LogP contribution in [0.3, 0.4) is 0 Å². The molecular weight excluding hydrogens is 461 g/mol. The Balaban J connectivity index is 1.67. The van der Waals surface area contributed by atoms with Crippen LogP contribution in [0.4, 0.5) is 15.2 Å². The molecule has 0 spiro atoms. The van der Waals surface area contributed by atoms with Crippen LogP contribution >= 0.6 is 22.9 Å². The van der Waals surface area contributed by atoms with Gasteiger partial charge < -0.3 is 15.4 Å². The number of benzene rings is 1. The highest BCUT2D eigenvalue weighted by Crippen LogP contribution is 2.47. The molecule has 0 radical (unpaired) electrons. The first kappa shape index (κ1) is 20.6. The van der Waals surface area contributed by atoms with Crippen molar-refractivity contribution in [3.8, 4) is 17.3 Å². The number of pyridine rings is 2. The van der Waals surface area contributed by atoms with Crippen molar-refractivity contribution < 1.29 is 9.13 Å². The molecule has 0 bridgehead atoms. The SMILES string of the molecule is CC1CCN(c2ccc3c4c(c(-c5ncc(F)c6sc(N)c(C#N)c56)c(Cl)c3n2)COC4)C1. The lowest BCUT2D eigenvalue weighted by Gasteiger charge is -2.19. The maximum absolute atomic E-state index is 14.6. The molecule has 4 aromatic rings. The molecule has 9 heteroatoms. The van der Waals surface area contributed by atoms with Crippen molar-refractivity contribution in [2.45, 2.75) is 26.6 Å². The lowest BCUT2D eigenvalue weighted by Crippen LogP contribution is -2.20. The van der Waals surface area contributed by atoms with Gasteiger partial charge in [-0.25, -0.2) is 9.37 Å². The Bertz CT molecular complexity index is 1510. The van der Waals surface area contributed by atoms with Gasteiger partial charge in [-0.15, -0.1) is 11.3 Å². The molecule has 0 amide bonds. The molecule has 6 rings (SSSR count). The molecule has 1 saturated heterocycles. The summed E-state index contributed by atoms with van der Waals surface area (Å²) in [7, 11) is 0. The molecule has 1 atom stereocenters. The summed E-state index contributed by atoms with van der Waals surface area (Å²) in [6, 6.07) is 6.21. The predicted molar refractivity (Wildman–Crippen MR) is 129 cm³/mol. The molecule has 1 fully saturated rings. The van der Waals surface area contributed by atoms with E-state index in [1.54, 1.807) is 0 Å². The molecule has 5 heterocycles. The summed E-state index contributed by atoms with van der Waals surface area (Å²) in [6.07, 6.45) is 2.29. The molecule has 166 valence electrons. The minimum absolute atomic E-state index is 0.216. The number of rotatable bonds is 2. The Kier molecular flexibility index (Phi) is 4.70. The summed E-state index contributed by atoms with van der Waals surface area (Å²) >= 11 is 8.07. The number of ether oxygens (including phenoxy) is 1. The van der Waals surface area contributed by atoms with Crippen molar-refractivity contribution in [2.75, 3.05) is 23.7 Å². The highest BCUT2D eigenvalue weighted by Gasteiger charge is 2.29. The average molecular weight is 480 g/mol. The van der Waals surface area contributed by atoms with Crippen LogP contribution in [0.2, 0.25) is 5.02 Å². The van der Waals surface area contributed by atoms with Crippen LogP contribution in [-0.4, -0.2) is 23.1 Å². The van der Waals surface area contributed by atoms with E-state index < -0.39 is 5.82 Å². The highest BCUT2D eigenvalue weighted by molar-refractivity contribution is 7.23. The van der Waals surface area contributed by atoms with E-state index in [0.717, 1.165) is 59.4 Å². The van der Waals surface area contributed by atoms with Crippen molar-refractivity contribution in [1.29, 1.82) is 5.26 Å². The van der Waals surface area contributed by atoms with Gasteiger partial charge in [0.1, 0.15) is 16.9 Å². The summed E-state index contributed by atoms with van der Waals surface area (Å²) < 4.78 is 20.7. The van der Waals surface area contributed by atoms with Crippen LogP contribution < -0.4 is 10.6 Å². The number of aromatic nitrogens is 2. The van der Waals surface area contributed by atoms with Crippen LogP contribution in [0, 0.1) is 23.1 Å². The standard InChI is InChI=1S/C24H19ClFN5OS/c1-11-4-5-31(8-11)17-3-2-12-14-9-32-10-15(14)18(20(25)21(12)30-17)22-19-13(6-27)24(28)33-23(19)16(26)7-29-22/h2-3,7,11H,4-5,8-10,28H2,1H3. The van der Waals surface area contributed by atoms with Gasteiger partial charge in [0.25, 0.3) is 0 Å². The van der Waals surface area contributed by atoms with Gasteiger partial charge in [0.05, 0.1) is 45.9 Å². The van der Waals surface area contributed by atoms with Crippen molar-refractivity contribution in [3.05, 3.63) is 45.9 Å². The molecule has 2 aliphatic heterocycles. The quantitative estimate of drug-likeness (QED) is 0.400. The minimum Gasteiger partial charge on any atom is -0.389 e. The van der Waals surface area contributed by atoms with Gasteiger partial charge in [-0.05, 0) is 35.6 Å². The number of nitrogens with two attached hydrogens (primary N) is 1. The fourth-order valence-corrected chi connectivity index (χ4v) is 6.23. The molecular formula is C24H19ClFN5OS. The normalized spacial score (nSPS) is 17.8. The molecule has 6 nitrogen and oxygen atoms in total. The van der Waals surface area contributed by atoms with Crippen LogP contribution in [0.1, 0.15) is 30.0 Å². The van der Waals surface area contributed by atoms with E-state index in [-0.39, 0.29) is 10.6 Å². The number of hydrogen-bond donors (Lipinski definition) is 1. The Morgan fingerprint density at radius 2 is 2.15 bits per heavy atom. The van der Waals surface area contributed by atoms with Gasteiger partial charge in [0.2, 0.25) is 0 Å². The predicted octanol–water partition coefficient (Wildman–Crippen LogP) is 5.63. The first-order valence-electron chi connectivity index (χ1n) is 10.7. The summed E-state index contributed by atoms with van der Waals surface area (Å²) in [5.74, 6) is 0.987. The zero-order valence-electron chi connectivity index (χ0n) is 17.8. The largest absolute Gasteiger partial charge is 0.389 e. The van der Waals surface area contributed by atoms with E-state index in [4.69, 9.17) is 27.1 Å². The molecule has 3 aromatic heterocycles. The number of anilines is 2. The first-order chi connectivity index (χ1) is 16.0. The Labute approximate surface area is 198 Å². The van der Waals surface area contributed by atoms with Gasteiger partial charge in [-0.1, -0.05) is 18.5 Å². The second-order valence-electron chi connectivity index (χ2n) is 8.66. The number of nitrogens with zero attached hydrogens (tertiary/aromatic N) is 4. The first-order valence-corrected chi connectivity index (χ1v) is 11.9. The van der Waals surface area contributed by atoms with Crippen molar-refractivity contribution in [3.63, 3.8) is 0 Å². The fraction of sp³-hybridized carbons (Fsp3) is 0.292. The minimum atomic E-state index is -0.514. The number of hydrogen-bond acceptors (Lipinski definition) is 7. The Morgan fingerprint density at radius 1 is 1.33 bits per heavy atom. The zero-order chi connectivity index (χ0) is 22.9. The summed E-state index contributed by atoms with van der Waals surface area (Å²) in [4.78, 5) is 11.6. The van der Waals surface area contributed by atoms with E-state index in [1.807, 2.05) is 6.07 Å². The third-order valence-corrected chi connectivity index (χ3v) is 7.98. The van der Waals surface area contributed by atoms with E-state index in [1.165, 1.54) is 0 Å². The third kappa shape index (κ3) is 3.00. The second-order valence-corrected chi connectivity index (χ2v) is 10.1. The van der Waals surface area contributed by atoms with Gasteiger partial charge >= 0.3 is 0 Å². The van der Waals surface area contributed by atoms with Gasteiger partial charge in [0, 0.05) is 29.4 Å². The fourth-order valence-electron chi connectivity index (χ4n) is 4.96. The Hall–Kier alpha value is -2.99. The van der Waals surface area contributed by atoms with Crippen molar-refractivity contribution >= 4 is 54.7 Å². The maximum atomic E-state index is 14.6. The number of halogens is 2. The molecule has 1 aromatic carbocycles. The number of fused-ring (bicyclic) bond motifs is 4. The van der Waals surface area contributed by atoms with Gasteiger partial charge in [-0.2, -0.15) is 5.26 Å². The summed E-state index contributed by atoms with van der Waals surface area (Å²) in [5.41, 5.74) is 9.89. The van der Waals surface area contributed by atoms with Crippen LogP contribution in [0.25, 0.3) is 32.2 Å². The topological polar surface area (TPSA) is 88.1 Å². The monoisotopic (exact) mass is 479 g/mol. The number of nitriles is 1. The molecule has 1 unspecified atom stereocenters. The second kappa shape index (κ2) is 7.52. The van der Waals surface area contributed by atoms with Gasteiger partial charge in [0.15, 0.2) is 5.82 Å². The lowest BCUT2D eigenvalue weighted by atomic mass is 9.94. The molecule has 0 saturated carbocycles. The van der Waals surface area contributed by atoms with Crippen LogP contribution in [-0.2, 0) is 18.0 Å². The van der Waals surface area contributed by atoms with Crippen molar-refractivity contribution in [2.24, 2.45) is 5.92 Å². The van der Waals surface area contributed by atoms with E-state index in [2.05, 4.69) is 28.9 Å². The van der Waals surface area contributed by atoms with Gasteiger partial charge in [-0.3, -0.25) is 4.98 Å². The molecule has 33 heavy (non-hydrogen) atoms. The Morgan fingerprint density at radius 3 is 2.91 bits per heavy atom. The third-order valence-electron chi connectivity index (χ3n) is 6.58.